The SMILES string of the molecule is CC(Sc1n[nH]c(N)n1)C(=O)Nc1cc(Cl)ccc1Cl. The number of nitrogens with two attached hydrogens (primary N) is 1. The van der Waals surface area contributed by atoms with Gasteiger partial charge in [0.2, 0.25) is 17.0 Å². The molecule has 1 amide bonds. The molecule has 0 aliphatic rings. The Hall–Kier alpha value is -1.44. The van der Waals surface area contributed by atoms with E-state index in [0.29, 0.717) is 20.9 Å². The molecule has 0 fully saturated rings. The van der Waals surface area contributed by atoms with Gasteiger partial charge in [0.1, 0.15) is 0 Å². The number of anilines is 2. The van der Waals surface area contributed by atoms with E-state index in [1.807, 2.05) is 0 Å². The number of carbonyl (C=O) groups is 1. The Morgan fingerprint density at radius 1 is 1.50 bits per heavy atom. The van der Waals surface area contributed by atoms with Crippen molar-refractivity contribution < 1.29 is 4.79 Å². The van der Waals surface area contributed by atoms with E-state index in [-0.39, 0.29) is 11.9 Å². The Morgan fingerprint density at radius 3 is 2.90 bits per heavy atom. The zero-order valence-electron chi connectivity index (χ0n) is 10.4. The van der Waals surface area contributed by atoms with Gasteiger partial charge >= 0.3 is 0 Å². The predicted octanol–water partition coefficient (Wildman–Crippen LogP) is 2.81. The molecule has 106 valence electrons. The van der Waals surface area contributed by atoms with Crippen molar-refractivity contribution in [3.8, 4) is 0 Å². The summed E-state index contributed by atoms with van der Waals surface area (Å²) in [4.78, 5) is 16.0. The van der Waals surface area contributed by atoms with Gasteiger partial charge in [-0.15, -0.1) is 5.10 Å². The molecule has 2 aromatic rings. The molecule has 0 aliphatic carbocycles. The van der Waals surface area contributed by atoms with Gasteiger partial charge in [0.05, 0.1) is 16.0 Å². The number of nitrogen functional groups attached to an aromatic ring is 1. The lowest BCUT2D eigenvalue weighted by Crippen LogP contribution is -2.22. The molecule has 0 radical (unpaired) electrons. The maximum atomic E-state index is 12.1. The number of aromatic amines is 1. The minimum Gasteiger partial charge on any atom is -0.368 e. The number of aromatic nitrogens is 3. The Kier molecular flexibility index (Phi) is 4.74. The Labute approximate surface area is 129 Å². The molecule has 1 aromatic carbocycles. The van der Waals surface area contributed by atoms with E-state index in [1.54, 1.807) is 25.1 Å². The molecule has 1 atom stereocenters. The summed E-state index contributed by atoms with van der Waals surface area (Å²) >= 11 is 13.0. The summed E-state index contributed by atoms with van der Waals surface area (Å²) in [6.07, 6.45) is 0. The maximum Gasteiger partial charge on any atom is 0.237 e. The monoisotopic (exact) mass is 331 g/mol. The molecule has 6 nitrogen and oxygen atoms in total. The molecule has 4 N–H and O–H groups in total. The molecule has 0 aliphatic heterocycles. The summed E-state index contributed by atoms with van der Waals surface area (Å²) in [6.45, 7) is 1.73. The number of thioether (sulfide) groups is 1. The first-order valence-electron chi connectivity index (χ1n) is 5.56. The third kappa shape index (κ3) is 3.78. The van der Waals surface area contributed by atoms with Gasteiger partial charge in [-0.25, -0.2) is 5.10 Å². The summed E-state index contributed by atoms with van der Waals surface area (Å²) in [5.74, 6) is -0.0273. The lowest BCUT2D eigenvalue weighted by atomic mass is 10.3. The van der Waals surface area contributed by atoms with E-state index < -0.39 is 5.25 Å². The van der Waals surface area contributed by atoms with Crippen LogP contribution < -0.4 is 11.1 Å². The predicted molar refractivity (Wildman–Crippen MR) is 81.2 cm³/mol. The second-order valence-corrected chi connectivity index (χ2v) is 6.03. The molecule has 0 saturated carbocycles. The van der Waals surface area contributed by atoms with Crippen molar-refractivity contribution in [2.24, 2.45) is 0 Å². The average Bonchev–Trinajstić information content (AvgIpc) is 2.79. The summed E-state index contributed by atoms with van der Waals surface area (Å²) in [5, 5.41) is 9.96. The van der Waals surface area contributed by atoms with Crippen LogP contribution in [-0.4, -0.2) is 26.3 Å². The second kappa shape index (κ2) is 6.34. The van der Waals surface area contributed by atoms with Gasteiger partial charge in [-0.3, -0.25) is 4.79 Å². The number of carbonyl (C=O) groups excluding carboxylic acids is 1. The van der Waals surface area contributed by atoms with E-state index in [1.165, 1.54) is 11.8 Å². The highest BCUT2D eigenvalue weighted by Gasteiger charge is 2.18. The van der Waals surface area contributed by atoms with Gasteiger partial charge in [-0.05, 0) is 25.1 Å². The molecular formula is C11H11Cl2N5OS. The van der Waals surface area contributed by atoms with Crippen LogP contribution in [0.25, 0.3) is 0 Å². The van der Waals surface area contributed by atoms with Crippen LogP contribution >= 0.6 is 35.0 Å². The lowest BCUT2D eigenvalue weighted by Gasteiger charge is -2.11. The topological polar surface area (TPSA) is 96.7 Å². The van der Waals surface area contributed by atoms with Crippen molar-refractivity contribution in [2.75, 3.05) is 11.1 Å². The molecule has 0 bridgehead atoms. The molecule has 1 heterocycles. The minimum atomic E-state index is -0.416. The zero-order valence-corrected chi connectivity index (χ0v) is 12.7. The first-order valence-corrected chi connectivity index (χ1v) is 7.19. The van der Waals surface area contributed by atoms with Crippen molar-refractivity contribution in [1.29, 1.82) is 0 Å². The van der Waals surface area contributed by atoms with Gasteiger partial charge in [-0.2, -0.15) is 4.98 Å². The van der Waals surface area contributed by atoms with Gasteiger partial charge in [0, 0.05) is 5.02 Å². The minimum absolute atomic E-state index is 0.206. The van der Waals surface area contributed by atoms with Crippen LogP contribution in [0.5, 0.6) is 0 Å². The van der Waals surface area contributed by atoms with E-state index in [2.05, 4.69) is 20.5 Å². The molecule has 9 heteroatoms. The van der Waals surface area contributed by atoms with Gasteiger partial charge < -0.3 is 11.1 Å². The summed E-state index contributed by atoms with van der Waals surface area (Å²) in [5.41, 5.74) is 5.88. The van der Waals surface area contributed by atoms with Crippen molar-refractivity contribution >= 4 is 52.5 Å². The summed E-state index contributed by atoms with van der Waals surface area (Å²) in [7, 11) is 0. The first kappa shape index (κ1) is 15.0. The highest BCUT2D eigenvalue weighted by molar-refractivity contribution is 8.00. The van der Waals surface area contributed by atoms with Crippen LogP contribution in [0.15, 0.2) is 23.4 Å². The molecule has 0 saturated heterocycles. The second-order valence-electron chi connectivity index (χ2n) is 3.88. The number of hydrogen-bond acceptors (Lipinski definition) is 5. The number of amides is 1. The molecule has 1 aromatic heterocycles. The Balaban J connectivity index is 2.02. The zero-order chi connectivity index (χ0) is 14.7. The van der Waals surface area contributed by atoms with Crippen LogP contribution in [0.1, 0.15) is 6.92 Å². The van der Waals surface area contributed by atoms with Crippen LogP contribution in [0.4, 0.5) is 11.6 Å². The number of hydrogen-bond donors (Lipinski definition) is 3. The summed E-state index contributed by atoms with van der Waals surface area (Å²) in [6, 6.07) is 4.85. The van der Waals surface area contributed by atoms with Crippen molar-refractivity contribution in [2.45, 2.75) is 17.3 Å². The lowest BCUT2D eigenvalue weighted by molar-refractivity contribution is -0.115. The molecule has 0 spiro atoms. The average molecular weight is 332 g/mol. The number of rotatable bonds is 4. The number of nitrogens with zero attached hydrogens (tertiary/aromatic N) is 2. The van der Waals surface area contributed by atoms with E-state index in [4.69, 9.17) is 28.9 Å². The largest absolute Gasteiger partial charge is 0.368 e. The standard InChI is InChI=1S/C11H11Cl2N5OS/c1-5(20-11-16-10(14)17-18-11)9(19)15-8-4-6(12)2-3-7(8)13/h2-5H,1H3,(H,15,19)(H3,14,16,17,18). The molecule has 2 rings (SSSR count). The smallest absolute Gasteiger partial charge is 0.237 e. The number of nitrogens with one attached hydrogen (secondary N) is 2. The number of halogens is 2. The fourth-order valence-electron chi connectivity index (χ4n) is 1.35. The van der Waals surface area contributed by atoms with Crippen molar-refractivity contribution in [1.82, 2.24) is 15.2 Å². The Bertz CT molecular complexity index is 633. The normalized spacial score (nSPS) is 12.2. The van der Waals surface area contributed by atoms with E-state index >= 15 is 0 Å². The molecular weight excluding hydrogens is 321 g/mol. The first-order chi connectivity index (χ1) is 9.45. The van der Waals surface area contributed by atoms with Gasteiger partial charge in [0.15, 0.2) is 0 Å². The van der Waals surface area contributed by atoms with E-state index in [0.717, 1.165) is 0 Å². The highest BCUT2D eigenvalue weighted by Crippen LogP contribution is 2.27. The number of H-pyrrole nitrogens is 1. The Morgan fingerprint density at radius 2 is 2.25 bits per heavy atom. The molecule has 20 heavy (non-hydrogen) atoms. The highest BCUT2D eigenvalue weighted by atomic mass is 35.5. The van der Waals surface area contributed by atoms with Crippen LogP contribution in [0, 0.1) is 0 Å². The van der Waals surface area contributed by atoms with Gasteiger partial charge in [0.25, 0.3) is 0 Å². The fraction of sp³-hybridized carbons (Fsp3) is 0.182. The van der Waals surface area contributed by atoms with Crippen molar-refractivity contribution in [3.05, 3.63) is 28.2 Å². The van der Waals surface area contributed by atoms with Crippen LogP contribution in [0.3, 0.4) is 0 Å². The molecule has 1 unspecified atom stereocenters. The maximum absolute atomic E-state index is 12.1. The van der Waals surface area contributed by atoms with Crippen LogP contribution in [-0.2, 0) is 4.79 Å². The number of benzene rings is 1. The van der Waals surface area contributed by atoms with Gasteiger partial charge in [-0.1, -0.05) is 35.0 Å². The quantitative estimate of drug-likeness (QED) is 0.748. The van der Waals surface area contributed by atoms with Crippen molar-refractivity contribution in [3.63, 3.8) is 0 Å². The third-order valence-electron chi connectivity index (χ3n) is 2.32. The van der Waals surface area contributed by atoms with E-state index in [9.17, 15) is 4.79 Å². The summed E-state index contributed by atoms with van der Waals surface area (Å²) < 4.78 is 0. The van der Waals surface area contributed by atoms with Crippen LogP contribution in [0.2, 0.25) is 10.0 Å². The fourth-order valence-corrected chi connectivity index (χ4v) is 2.42. The third-order valence-corrected chi connectivity index (χ3v) is 3.85.